The summed E-state index contributed by atoms with van der Waals surface area (Å²) in [4.78, 5) is 2.51. The molecule has 112 valence electrons. The van der Waals surface area contributed by atoms with Gasteiger partial charge in [-0.05, 0) is 37.4 Å². The second-order valence-electron chi connectivity index (χ2n) is 5.90. The lowest BCUT2D eigenvalue weighted by molar-refractivity contribution is 0.195. The number of nitrogens with zero attached hydrogens (tertiary/aromatic N) is 3. The van der Waals surface area contributed by atoms with E-state index < -0.39 is 0 Å². The minimum Gasteiger partial charge on any atom is -0.329 e. The molecular formula is C17H24N4. The number of aromatic nitrogens is 2. The molecule has 1 atom stereocenters. The van der Waals surface area contributed by atoms with Gasteiger partial charge in [-0.15, -0.1) is 0 Å². The summed E-state index contributed by atoms with van der Waals surface area (Å²) in [5, 5.41) is 4.38. The van der Waals surface area contributed by atoms with Crippen LogP contribution in [-0.4, -0.2) is 27.8 Å². The van der Waals surface area contributed by atoms with Crippen molar-refractivity contribution in [1.82, 2.24) is 14.7 Å². The minimum absolute atomic E-state index is 0.254. The van der Waals surface area contributed by atoms with E-state index in [0.29, 0.717) is 6.54 Å². The van der Waals surface area contributed by atoms with E-state index in [2.05, 4.69) is 41.2 Å². The van der Waals surface area contributed by atoms with Crippen molar-refractivity contribution in [2.24, 2.45) is 12.8 Å². The summed E-state index contributed by atoms with van der Waals surface area (Å²) < 4.78 is 1.93. The molecule has 21 heavy (non-hydrogen) atoms. The number of fused-ring (bicyclic) bond motifs is 1. The Morgan fingerprint density at radius 3 is 2.71 bits per heavy atom. The third-order valence-corrected chi connectivity index (χ3v) is 4.68. The quantitative estimate of drug-likeness (QED) is 0.939. The maximum atomic E-state index is 6.11. The molecule has 0 bridgehead atoms. The van der Waals surface area contributed by atoms with Crippen molar-refractivity contribution < 1.29 is 0 Å². The highest BCUT2D eigenvalue weighted by atomic mass is 15.3. The average Bonchev–Trinajstić information content (AvgIpc) is 2.72. The summed E-state index contributed by atoms with van der Waals surface area (Å²) in [6.07, 6.45) is 4.33. The van der Waals surface area contributed by atoms with Crippen molar-refractivity contribution in [2.45, 2.75) is 32.4 Å². The van der Waals surface area contributed by atoms with Crippen molar-refractivity contribution in [1.29, 1.82) is 0 Å². The first-order valence-corrected chi connectivity index (χ1v) is 7.70. The number of hydrogen-bond donors (Lipinski definition) is 1. The normalized spacial score (nSPS) is 17.3. The maximum absolute atomic E-state index is 6.11. The lowest BCUT2D eigenvalue weighted by Crippen LogP contribution is -2.33. The van der Waals surface area contributed by atoms with Gasteiger partial charge in [-0.25, -0.2) is 0 Å². The van der Waals surface area contributed by atoms with Crippen molar-refractivity contribution in [3.05, 3.63) is 52.8 Å². The molecule has 0 aliphatic carbocycles. The molecule has 2 heterocycles. The number of hydrogen-bond acceptors (Lipinski definition) is 3. The molecule has 1 aromatic carbocycles. The Balaban J connectivity index is 1.89. The summed E-state index contributed by atoms with van der Waals surface area (Å²) >= 11 is 0. The Morgan fingerprint density at radius 2 is 2.05 bits per heavy atom. The first-order valence-electron chi connectivity index (χ1n) is 7.70. The van der Waals surface area contributed by atoms with Crippen molar-refractivity contribution in [3.8, 4) is 0 Å². The van der Waals surface area contributed by atoms with E-state index in [1.54, 1.807) is 0 Å². The van der Waals surface area contributed by atoms with Crippen LogP contribution in [0.1, 0.15) is 34.8 Å². The van der Waals surface area contributed by atoms with E-state index in [9.17, 15) is 0 Å². The molecule has 1 aliphatic heterocycles. The molecule has 2 N–H and O–H groups in total. The Bertz CT molecular complexity index is 617. The fraction of sp³-hybridized carbons (Fsp3) is 0.471. The first kappa shape index (κ1) is 14.3. The number of nitrogens with two attached hydrogens (primary N) is 1. The number of rotatable bonds is 3. The third kappa shape index (κ3) is 2.74. The van der Waals surface area contributed by atoms with Gasteiger partial charge in [0.25, 0.3) is 0 Å². The average molecular weight is 284 g/mol. The van der Waals surface area contributed by atoms with Crippen LogP contribution in [0, 0.1) is 6.92 Å². The highest BCUT2D eigenvalue weighted by Crippen LogP contribution is 2.28. The van der Waals surface area contributed by atoms with Gasteiger partial charge in [0.2, 0.25) is 0 Å². The standard InChI is InChI=1S/C17H24N4/c1-13-16(11-19-20(13)2)17(10-18)21-9-5-8-14-6-3-4-7-15(14)12-21/h3-4,6-7,11,17H,5,8-10,12,18H2,1-2H3. The Kier molecular flexibility index (Phi) is 4.08. The van der Waals surface area contributed by atoms with Crippen LogP contribution in [-0.2, 0) is 20.0 Å². The molecule has 0 amide bonds. The molecule has 0 radical (unpaired) electrons. The number of benzene rings is 1. The van der Waals surface area contributed by atoms with Gasteiger partial charge in [0.1, 0.15) is 0 Å². The largest absolute Gasteiger partial charge is 0.329 e. The summed E-state index contributed by atoms with van der Waals surface area (Å²) in [5.74, 6) is 0. The molecule has 0 spiro atoms. The van der Waals surface area contributed by atoms with Crippen molar-refractivity contribution >= 4 is 0 Å². The highest BCUT2D eigenvalue weighted by molar-refractivity contribution is 5.29. The Morgan fingerprint density at radius 1 is 1.29 bits per heavy atom. The van der Waals surface area contributed by atoms with Gasteiger partial charge in [0.05, 0.1) is 12.2 Å². The smallest absolute Gasteiger partial charge is 0.0540 e. The van der Waals surface area contributed by atoms with E-state index in [4.69, 9.17) is 5.73 Å². The van der Waals surface area contributed by atoms with Gasteiger partial charge in [-0.2, -0.15) is 5.10 Å². The minimum atomic E-state index is 0.254. The Hall–Kier alpha value is -1.65. The summed E-state index contributed by atoms with van der Waals surface area (Å²) in [7, 11) is 1.99. The van der Waals surface area contributed by atoms with Gasteiger partial charge >= 0.3 is 0 Å². The Labute approximate surface area is 126 Å². The molecule has 2 aromatic rings. The molecule has 1 unspecified atom stereocenters. The maximum Gasteiger partial charge on any atom is 0.0540 e. The zero-order valence-corrected chi connectivity index (χ0v) is 12.9. The fourth-order valence-corrected chi connectivity index (χ4v) is 3.31. The van der Waals surface area contributed by atoms with Crippen LogP contribution in [0.25, 0.3) is 0 Å². The topological polar surface area (TPSA) is 47.1 Å². The van der Waals surface area contributed by atoms with Gasteiger partial charge in [0.15, 0.2) is 0 Å². The summed E-state index contributed by atoms with van der Waals surface area (Å²) in [6.45, 7) is 4.82. The molecule has 0 fully saturated rings. The van der Waals surface area contributed by atoms with E-state index in [1.165, 1.54) is 28.8 Å². The SMILES string of the molecule is Cc1c(C(CN)N2CCCc3ccccc3C2)cnn1C. The monoisotopic (exact) mass is 284 g/mol. The molecule has 3 rings (SSSR count). The van der Waals surface area contributed by atoms with Crippen LogP contribution in [0.4, 0.5) is 0 Å². The van der Waals surface area contributed by atoms with Gasteiger partial charge < -0.3 is 5.73 Å². The second-order valence-corrected chi connectivity index (χ2v) is 5.90. The fourth-order valence-electron chi connectivity index (χ4n) is 3.31. The number of aryl methyl sites for hydroxylation is 2. The van der Waals surface area contributed by atoms with Crippen molar-refractivity contribution in [3.63, 3.8) is 0 Å². The van der Waals surface area contributed by atoms with E-state index in [1.807, 2.05) is 17.9 Å². The van der Waals surface area contributed by atoms with E-state index in [0.717, 1.165) is 19.5 Å². The van der Waals surface area contributed by atoms with Crippen LogP contribution >= 0.6 is 0 Å². The molecule has 1 aliphatic rings. The molecule has 1 aromatic heterocycles. The van der Waals surface area contributed by atoms with Gasteiger partial charge in [-0.1, -0.05) is 24.3 Å². The van der Waals surface area contributed by atoms with Crippen LogP contribution in [0.5, 0.6) is 0 Å². The van der Waals surface area contributed by atoms with Crippen molar-refractivity contribution in [2.75, 3.05) is 13.1 Å². The lowest BCUT2D eigenvalue weighted by Gasteiger charge is -2.30. The predicted molar refractivity (Wildman–Crippen MR) is 84.9 cm³/mol. The van der Waals surface area contributed by atoms with Crippen LogP contribution in [0.15, 0.2) is 30.5 Å². The third-order valence-electron chi connectivity index (χ3n) is 4.68. The van der Waals surface area contributed by atoms with Crippen LogP contribution in [0.3, 0.4) is 0 Å². The zero-order chi connectivity index (χ0) is 14.8. The van der Waals surface area contributed by atoms with Crippen LogP contribution in [0.2, 0.25) is 0 Å². The molecule has 4 heteroatoms. The van der Waals surface area contributed by atoms with Gasteiger partial charge in [-0.3, -0.25) is 9.58 Å². The predicted octanol–water partition coefficient (Wildman–Crippen LogP) is 2.18. The molecular weight excluding hydrogens is 260 g/mol. The van der Waals surface area contributed by atoms with Gasteiger partial charge in [0, 0.05) is 31.4 Å². The highest BCUT2D eigenvalue weighted by Gasteiger charge is 2.24. The summed E-state index contributed by atoms with van der Waals surface area (Å²) in [6, 6.07) is 9.03. The second kappa shape index (κ2) is 6.00. The zero-order valence-electron chi connectivity index (χ0n) is 12.9. The molecule has 4 nitrogen and oxygen atoms in total. The lowest BCUT2D eigenvalue weighted by atomic mass is 10.0. The molecule has 0 saturated carbocycles. The van der Waals surface area contributed by atoms with Crippen LogP contribution < -0.4 is 5.73 Å². The summed E-state index contributed by atoms with van der Waals surface area (Å²) in [5.41, 5.74) is 11.5. The van der Waals surface area contributed by atoms with E-state index >= 15 is 0 Å². The molecule has 0 saturated heterocycles. The first-order chi connectivity index (χ1) is 10.2. The van der Waals surface area contributed by atoms with E-state index in [-0.39, 0.29) is 6.04 Å².